The summed E-state index contributed by atoms with van der Waals surface area (Å²) in [6, 6.07) is 6.12. The van der Waals surface area contributed by atoms with Crippen LogP contribution in [0.25, 0.3) is 11.3 Å². The minimum absolute atomic E-state index is 0.0158. The number of pyridine rings is 1. The molecule has 1 aromatic carbocycles. The summed E-state index contributed by atoms with van der Waals surface area (Å²) in [7, 11) is 0. The number of halogens is 3. The zero-order chi connectivity index (χ0) is 12.4. The van der Waals surface area contributed by atoms with Crippen LogP contribution in [-0.2, 0) is 0 Å². The molecule has 5 heteroatoms. The lowest BCUT2D eigenvalue weighted by molar-refractivity contribution is 0.111. The van der Waals surface area contributed by atoms with Crippen molar-refractivity contribution >= 4 is 29.5 Å². The Morgan fingerprint density at radius 2 is 2.00 bits per heavy atom. The molecule has 0 saturated carbocycles. The van der Waals surface area contributed by atoms with Gasteiger partial charge in [-0.2, -0.15) is 0 Å². The molecule has 1 heterocycles. The van der Waals surface area contributed by atoms with Crippen molar-refractivity contribution in [1.29, 1.82) is 0 Å². The molecule has 0 aliphatic carbocycles. The summed E-state index contributed by atoms with van der Waals surface area (Å²) < 4.78 is 13.9. The number of hydrogen-bond acceptors (Lipinski definition) is 2. The zero-order valence-electron chi connectivity index (χ0n) is 8.45. The van der Waals surface area contributed by atoms with Crippen LogP contribution in [0.5, 0.6) is 0 Å². The number of benzene rings is 1. The van der Waals surface area contributed by atoms with Gasteiger partial charge in [-0.25, -0.2) is 4.39 Å². The van der Waals surface area contributed by atoms with Gasteiger partial charge in [0.25, 0.3) is 0 Å². The van der Waals surface area contributed by atoms with E-state index in [4.69, 9.17) is 23.2 Å². The van der Waals surface area contributed by atoms with Gasteiger partial charge in [-0.3, -0.25) is 9.78 Å². The van der Waals surface area contributed by atoms with E-state index in [0.29, 0.717) is 16.9 Å². The van der Waals surface area contributed by atoms with E-state index < -0.39 is 5.82 Å². The fraction of sp³-hybridized carbons (Fsp3) is 0. The van der Waals surface area contributed by atoms with Crippen molar-refractivity contribution < 1.29 is 9.18 Å². The van der Waals surface area contributed by atoms with Gasteiger partial charge in [0.05, 0.1) is 15.6 Å². The molecule has 0 fully saturated rings. The third-order valence-electron chi connectivity index (χ3n) is 2.25. The highest BCUT2D eigenvalue weighted by Crippen LogP contribution is 2.33. The highest BCUT2D eigenvalue weighted by Gasteiger charge is 2.14. The Balaban J connectivity index is 2.69. The van der Waals surface area contributed by atoms with E-state index >= 15 is 0 Å². The Morgan fingerprint density at radius 3 is 2.71 bits per heavy atom. The predicted molar refractivity (Wildman–Crippen MR) is 65.0 cm³/mol. The van der Waals surface area contributed by atoms with Gasteiger partial charge in [0, 0.05) is 11.8 Å². The van der Waals surface area contributed by atoms with E-state index in [0.717, 1.165) is 0 Å². The Labute approximate surface area is 107 Å². The molecule has 0 unspecified atom stereocenters. The summed E-state index contributed by atoms with van der Waals surface area (Å²) in [4.78, 5) is 14.5. The summed E-state index contributed by atoms with van der Waals surface area (Å²) in [5, 5.41) is 0.519. The second kappa shape index (κ2) is 4.82. The molecule has 0 bridgehead atoms. The zero-order valence-corrected chi connectivity index (χ0v) is 9.97. The van der Waals surface area contributed by atoms with Crippen LogP contribution in [0.3, 0.4) is 0 Å². The lowest BCUT2D eigenvalue weighted by Gasteiger charge is -2.07. The molecule has 0 atom stereocenters. The average molecular weight is 270 g/mol. The van der Waals surface area contributed by atoms with Crippen molar-refractivity contribution in [3.8, 4) is 11.3 Å². The first-order valence-electron chi connectivity index (χ1n) is 4.69. The molecule has 0 aliphatic rings. The number of aldehydes is 1. The van der Waals surface area contributed by atoms with Gasteiger partial charge in [-0.15, -0.1) is 0 Å². The van der Waals surface area contributed by atoms with Gasteiger partial charge in [0.15, 0.2) is 12.1 Å². The molecule has 2 rings (SSSR count). The van der Waals surface area contributed by atoms with Crippen LogP contribution in [0.15, 0.2) is 30.5 Å². The highest BCUT2D eigenvalue weighted by molar-refractivity contribution is 6.43. The Kier molecular flexibility index (Phi) is 3.41. The van der Waals surface area contributed by atoms with Crippen molar-refractivity contribution in [2.24, 2.45) is 0 Å². The van der Waals surface area contributed by atoms with Crippen molar-refractivity contribution in [1.82, 2.24) is 4.98 Å². The predicted octanol–water partition coefficient (Wildman–Crippen LogP) is 4.01. The number of aromatic nitrogens is 1. The smallest absolute Gasteiger partial charge is 0.160 e. The first-order chi connectivity index (χ1) is 8.15. The first-order valence-corrected chi connectivity index (χ1v) is 5.45. The number of hydrogen-bond donors (Lipinski definition) is 0. The molecular formula is C12H6Cl2FNO. The van der Waals surface area contributed by atoms with E-state index in [2.05, 4.69) is 4.98 Å². The maximum atomic E-state index is 13.9. The van der Waals surface area contributed by atoms with Crippen LogP contribution < -0.4 is 0 Å². The van der Waals surface area contributed by atoms with Gasteiger partial charge < -0.3 is 0 Å². The summed E-state index contributed by atoms with van der Waals surface area (Å²) in [5.74, 6) is -0.702. The van der Waals surface area contributed by atoms with E-state index in [-0.39, 0.29) is 16.3 Å². The summed E-state index contributed by atoms with van der Waals surface area (Å²) >= 11 is 11.8. The van der Waals surface area contributed by atoms with Crippen molar-refractivity contribution in [3.63, 3.8) is 0 Å². The Hall–Kier alpha value is -1.45. The molecule has 0 radical (unpaired) electrons. The molecule has 0 spiro atoms. The molecular weight excluding hydrogens is 264 g/mol. The van der Waals surface area contributed by atoms with Gasteiger partial charge >= 0.3 is 0 Å². The minimum Gasteiger partial charge on any atom is -0.298 e. The van der Waals surface area contributed by atoms with Crippen LogP contribution in [-0.4, -0.2) is 11.3 Å². The Morgan fingerprint density at radius 1 is 1.24 bits per heavy atom. The van der Waals surface area contributed by atoms with E-state index in [1.165, 1.54) is 12.3 Å². The third-order valence-corrected chi connectivity index (χ3v) is 3.07. The molecule has 0 N–H and O–H groups in total. The molecule has 0 aliphatic heterocycles. The fourth-order valence-corrected chi connectivity index (χ4v) is 1.81. The molecule has 2 aromatic rings. The number of rotatable bonds is 2. The topological polar surface area (TPSA) is 30.0 Å². The van der Waals surface area contributed by atoms with Gasteiger partial charge in [-0.1, -0.05) is 35.3 Å². The van der Waals surface area contributed by atoms with Crippen LogP contribution in [0.2, 0.25) is 10.0 Å². The van der Waals surface area contributed by atoms with Gasteiger partial charge in [0.1, 0.15) is 5.69 Å². The molecule has 2 nitrogen and oxygen atoms in total. The maximum Gasteiger partial charge on any atom is 0.160 e. The maximum absolute atomic E-state index is 13.9. The summed E-state index contributed by atoms with van der Waals surface area (Å²) in [6.07, 6.45) is 1.78. The lowest BCUT2D eigenvalue weighted by atomic mass is 10.1. The number of carbonyl (C=O) groups excluding carboxylic acids is 1. The molecule has 86 valence electrons. The van der Waals surface area contributed by atoms with E-state index in [1.807, 2.05) is 0 Å². The minimum atomic E-state index is -0.702. The Bertz CT molecular complexity index is 587. The SMILES string of the molecule is O=Cc1ccnc(-c2cccc(Cl)c2Cl)c1F. The third kappa shape index (κ3) is 2.16. The highest BCUT2D eigenvalue weighted by atomic mass is 35.5. The van der Waals surface area contributed by atoms with Crippen LogP contribution in [0, 0.1) is 5.82 Å². The van der Waals surface area contributed by atoms with Gasteiger partial charge in [-0.05, 0) is 12.1 Å². The standard InChI is InChI=1S/C12H6Cl2FNO/c13-9-3-1-2-8(10(9)14)12-11(15)7(6-17)4-5-16-12/h1-6H. The monoisotopic (exact) mass is 269 g/mol. The quantitative estimate of drug-likeness (QED) is 0.772. The molecule has 17 heavy (non-hydrogen) atoms. The van der Waals surface area contributed by atoms with Gasteiger partial charge in [0.2, 0.25) is 0 Å². The molecule has 0 amide bonds. The first kappa shape index (κ1) is 12.0. The van der Waals surface area contributed by atoms with Crippen LogP contribution in [0.4, 0.5) is 4.39 Å². The second-order valence-corrected chi connectivity index (χ2v) is 4.07. The van der Waals surface area contributed by atoms with Crippen LogP contribution in [0.1, 0.15) is 10.4 Å². The fourth-order valence-electron chi connectivity index (χ4n) is 1.42. The van der Waals surface area contributed by atoms with Crippen molar-refractivity contribution in [2.45, 2.75) is 0 Å². The van der Waals surface area contributed by atoms with Crippen molar-refractivity contribution in [2.75, 3.05) is 0 Å². The van der Waals surface area contributed by atoms with E-state index in [9.17, 15) is 9.18 Å². The molecule has 1 aromatic heterocycles. The summed E-state index contributed by atoms with van der Waals surface area (Å²) in [5.41, 5.74) is 0.313. The lowest BCUT2D eigenvalue weighted by Crippen LogP contribution is -1.95. The average Bonchev–Trinajstić information content (AvgIpc) is 2.33. The number of nitrogens with zero attached hydrogens (tertiary/aromatic N) is 1. The molecule has 0 saturated heterocycles. The normalized spacial score (nSPS) is 10.3. The van der Waals surface area contributed by atoms with E-state index in [1.54, 1.807) is 18.2 Å². The summed E-state index contributed by atoms with van der Waals surface area (Å²) in [6.45, 7) is 0. The second-order valence-electron chi connectivity index (χ2n) is 3.28. The number of carbonyl (C=O) groups is 1. The van der Waals surface area contributed by atoms with Crippen LogP contribution >= 0.6 is 23.2 Å². The van der Waals surface area contributed by atoms with Crippen molar-refractivity contribution in [3.05, 3.63) is 51.9 Å². The largest absolute Gasteiger partial charge is 0.298 e.